The summed E-state index contributed by atoms with van der Waals surface area (Å²) in [4.78, 5) is 33.7. The highest BCUT2D eigenvalue weighted by Gasteiger charge is 2.51. The smallest absolute Gasteiger partial charge is 0.418 e. The second-order valence-corrected chi connectivity index (χ2v) is 9.44. The molecule has 36 heavy (non-hydrogen) atoms. The molecule has 0 bridgehead atoms. The molecule has 1 fully saturated rings. The summed E-state index contributed by atoms with van der Waals surface area (Å²) < 4.78 is 45.4. The molecule has 188 valence electrons. The molecule has 1 aliphatic rings. The Kier molecular flexibility index (Phi) is 7.30. The van der Waals surface area contributed by atoms with Gasteiger partial charge in [0.2, 0.25) is 5.91 Å². The largest absolute Gasteiger partial charge is 0.495 e. The quantitative estimate of drug-likeness (QED) is 0.326. The Labute approximate surface area is 213 Å². The predicted octanol–water partition coefficient (Wildman–Crippen LogP) is 5.68. The molecule has 0 aliphatic heterocycles. The van der Waals surface area contributed by atoms with Crippen LogP contribution in [0.4, 0.5) is 24.5 Å². The highest BCUT2D eigenvalue weighted by Crippen LogP contribution is 2.49. The SMILES string of the molecule is COc1cncc(C(=O)CC2(C(=O)NCc3ccc(Nc4ccc(Br)cc4C(F)(F)F)cn3)CC2)c1. The van der Waals surface area contributed by atoms with Gasteiger partial charge in [-0.05, 0) is 49.2 Å². The van der Waals surface area contributed by atoms with Crippen LogP contribution in [0.2, 0.25) is 0 Å². The number of pyridine rings is 2. The van der Waals surface area contributed by atoms with Crippen molar-refractivity contribution in [2.75, 3.05) is 12.4 Å². The van der Waals surface area contributed by atoms with Gasteiger partial charge in [0, 0.05) is 22.7 Å². The zero-order valence-corrected chi connectivity index (χ0v) is 20.7. The van der Waals surface area contributed by atoms with Crippen LogP contribution in [0.1, 0.15) is 40.9 Å². The number of ether oxygens (including phenoxy) is 1. The predicted molar refractivity (Wildman–Crippen MR) is 130 cm³/mol. The van der Waals surface area contributed by atoms with Gasteiger partial charge in [-0.3, -0.25) is 19.6 Å². The number of rotatable bonds is 9. The van der Waals surface area contributed by atoms with E-state index < -0.39 is 17.2 Å². The molecule has 2 aromatic heterocycles. The molecular weight excluding hydrogens is 541 g/mol. The fourth-order valence-electron chi connectivity index (χ4n) is 3.70. The van der Waals surface area contributed by atoms with E-state index in [2.05, 4.69) is 36.5 Å². The molecule has 7 nitrogen and oxygen atoms in total. The van der Waals surface area contributed by atoms with Crippen molar-refractivity contribution in [1.82, 2.24) is 15.3 Å². The van der Waals surface area contributed by atoms with Crippen molar-refractivity contribution in [2.45, 2.75) is 32.0 Å². The molecule has 1 aromatic carbocycles. The van der Waals surface area contributed by atoms with E-state index in [4.69, 9.17) is 4.74 Å². The molecule has 0 atom stereocenters. The summed E-state index contributed by atoms with van der Waals surface area (Å²) in [6.07, 6.45) is 1.10. The molecule has 2 N–H and O–H groups in total. The number of nitrogens with zero attached hydrogens (tertiary/aromatic N) is 2. The van der Waals surface area contributed by atoms with Crippen LogP contribution in [0.15, 0.2) is 59.5 Å². The first-order valence-corrected chi connectivity index (χ1v) is 11.8. The molecule has 4 rings (SSSR count). The molecule has 2 heterocycles. The van der Waals surface area contributed by atoms with Crippen LogP contribution in [0, 0.1) is 5.41 Å². The second kappa shape index (κ2) is 10.3. The van der Waals surface area contributed by atoms with Gasteiger partial charge < -0.3 is 15.4 Å². The number of aromatic nitrogens is 2. The third-order valence-corrected chi connectivity index (χ3v) is 6.42. The summed E-state index contributed by atoms with van der Waals surface area (Å²) in [6, 6.07) is 8.64. The number of alkyl halides is 3. The summed E-state index contributed by atoms with van der Waals surface area (Å²) in [5, 5.41) is 5.55. The molecular formula is C25H22BrF3N4O3. The standard InChI is InChI=1S/C25H22BrF3N4O3/c1-36-19-8-15(11-30-14-19)22(34)10-24(6-7-24)23(35)32-12-17-3-4-18(13-31-17)33-21-5-2-16(26)9-20(21)25(27,28)29/h2-5,8-9,11,13-14,33H,6-7,10,12H2,1H3,(H,32,35). The van der Waals surface area contributed by atoms with Crippen LogP contribution in [-0.4, -0.2) is 28.8 Å². The lowest BCUT2D eigenvalue weighted by Crippen LogP contribution is -2.33. The van der Waals surface area contributed by atoms with Gasteiger partial charge >= 0.3 is 6.18 Å². The number of halogens is 4. The van der Waals surface area contributed by atoms with Crippen LogP contribution >= 0.6 is 15.9 Å². The van der Waals surface area contributed by atoms with Crippen LogP contribution in [0.25, 0.3) is 0 Å². The van der Waals surface area contributed by atoms with Crippen LogP contribution in [0.3, 0.4) is 0 Å². The number of benzene rings is 1. The van der Waals surface area contributed by atoms with E-state index in [-0.39, 0.29) is 30.3 Å². The summed E-state index contributed by atoms with van der Waals surface area (Å²) in [5.74, 6) is 0.0445. The van der Waals surface area contributed by atoms with Gasteiger partial charge in [0.1, 0.15) is 5.75 Å². The first-order chi connectivity index (χ1) is 17.1. The molecule has 1 amide bonds. The van der Waals surface area contributed by atoms with E-state index in [0.717, 1.165) is 6.07 Å². The Morgan fingerprint density at radius 3 is 2.53 bits per heavy atom. The maximum Gasteiger partial charge on any atom is 0.418 e. The van der Waals surface area contributed by atoms with Crippen molar-refractivity contribution in [3.63, 3.8) is 0 Å². The minimum absolute atomic E-state index is 0.0682. The minimum Gasteiger partial charge on any atom is -0.495 e. The maximum atomic E-state index is 13.3. The zero-order valence-electron chi connectivity index (χ0n) is 19.2. The maximum absolute atomic E-state index is 13.3. The number of methoxy groups -OCH3 is 1. The monoisotopic (exact) mass is 562 g/mol. The molecule has 1 aliphatic carbocycles. The number of carbonyl (C=O) groups is 2. The number of amides is 1. The molecule has 3 aromatic rings. The Balaban J connectivity index is 1.35. The zero-order chi connectivity index (χ0) is 25.9. The highest BCUT2D eigenvalue weighted by atomic mass is 79.9. The first kappa shape index (κ1) is 25.6. The van der Waals surface area contributed by atoms with Crippen molar-refractivity contribution >= 4 is 39.0 Å². The average Bonchev–Trinajstić information content (AvgIpc) is 3.64. The van der Waals surface area contributed by atoms with Crippen molar-refractivity contribution in [2.24, 2.45) is 5.41 Å². The van der Waals surface area contributed by atoms with Gasteiger partial charge in [-0.25, -0.2) is 0 Å². The van der Waals surface area contributed by atoms with Gasteiger partial charge in [-0.1, -0.05) is 15.9 Å². The van der Waals surface area contributed by atoms with E-state index in [1.54, 1.807) is 18.2 Å². The van der Waals surface area contributed by atoms with E-state index in [0.29, 0.717) is 40.0 Å². The van der Waals surface area contributed by atoms with E-state index in [1.165, 1.54) is 37.8 Å². The van der Waals surface area contributed by atoms with Crippen molar-refractivity contribution in [3.8, 4) is 5.75 Å². The molecule has 0 saturated heterocycles. The lowest BCUT2D eigenvalue weighted by Gasteiger charge is -2.16. The molecule has 0 radical (unpaired) electrons. The van der Waals surface area contributed by atoms with E-state index in [9.17, 15) is 22.8 Å². The summed E-state index contributed by atoms with van der Waals surface area (Å²) in [7, 11) is 1.48. The van der Waals surface area contributed by atoms with Gasteiger partial charge in [0.05, 0.1) is 54.1 Å². The summed E-state index contributed by atoms with van der Waals surface area (Å²) in [5.41, 5.74) is -0.369. The highest BCUT2D eigenvalue weighted by molar-refractivity contribution is 9.10. The van der Waals surface area contributed by atoms with Crippen molar-refractivity contribution in [1.29, 1.82) is 0 Å². The molecule has 1 saturated carbocycles. The Hall–Kier alpha value is -3.47. The van der Waals surface area contributed by atoms with Crippen molar-refractivity contribution in [3.05, 3.63) is 76.3 Å². The lowest BCUT2D eigenvalue weighted by molar-refractivity contribution is -0.137. The summed E-state index contributed by atoms with van der Waals surface area (Å²) in [6.45, 7) is 0.127. The van der Waals surface area contributed by atoms with Gasteiger partial charge in [0.15, 0.2) is 5.78 Å². The number of carbonyl (C=O) groups excluding carboxylic acids is 2. The average molecular weight is 563 g/mol. The van der Waals surface area contributed by atoms with E-state index >= 15 is 0 Å². The number of Topliss-reactive ketones (excluding diaryl/α,β-unsaturated/α-hetero) is 1. The third-order valence-electron chi connectivity index (χ3n) is 5.93. The third kappa shape index (κ3) is 6.01. The molecule has 0 unspecified atom stereocenters. The second-order valence-electron chi connectivity index (χ2n) is 8.53. The summed E-state index contributed by atoms with van der Waals surface area (Å²) >= 11 is 3.06. The number of ketones is 1. The lowest BCUT2D eigenvalue weighted by atomic mass is 9.95. The molecule has 0 spiro atoms. The molecule has 11 heteroatoms. The van der Waals surface area contributed by atoms with E-state index in [1.807, 2.05) is 0 Å². The van der Waals surface area contributed by atoms with Gasteiger partial charge in [-0.15, -0.1) is 0 Å². The fraction of sp³-hybridized carbons (Fsp3) is 0.280. The van der Waals surface area contributed by atoms with Gasteiger partial charge in [-0.2, -0.15) is 13.2 Å². The number of hydrogen-bond donors (Lipinski definition) is 2. The Bertz CT molecular complexity index is 1280. The number of hydrogen-bond acceptors (Lipinski definition) is 6. The Morgan fingerprint density at radius 2 is 1.89 bits per heavy atom. The Morgan fingerprint density at radius 1 is 1.11 bits per heavy atom. The van der Waals surface area contributed by atoms with Crippen LogP contribution < -0.4 is 15.4 Å². The minimum atomic E-state index is -4.52. The topological polar surface area (TPSA) is 93.2 Å². The van der Waals surface area contributed by atoms with Crippen LogP contribution in [0.5, 0.6) is 5.75 Å². The normalized spacial score (nSPS) is 14.1. The van der Waals surface area contributed by atoms with Crippen molar-refractivity contribution < 1.29 is 27.5 Å². The fourth-order valence-corrected chi connectivity index (χ4v) is 4.07. The number of nitrogens with one attached hydrogen (secondary N) is 2. The van der Waals surface area contributed by atoms with Crippen LogP contribution in [-0.2, 0) is 17.5 Å². The first-order valence-electron chi connectivity index (χ1n) is 11.0. The number of anilines is 2. The van der Waals surface area contributed by atoms with Gasteiger partial charge in [0.25, 0.3) is 0 Å².